The summed E-state index contributed by atoms with van der Waals surface area (Å²) in [6, 6.07) is 9.98. The smallest absolute Gasteiger partial charge is 0.193 e. The molecule has 25 heavy (non-hydrogen) atoms. The van der Waals surface area contributed by atoms with Crippen molar-refractivity contribution in [2.45, 2.75) is 24.7 Å². The Balaban J connectivity index is 0.00000312. The van der Waals surface area contributed by atoms with Crippen molar-refractivity contribution in [1.82, 2.24) is 10.2 Å². The molecule has 0 saturated carbocycles. The minimum absolute atomic E-state index is 0. The van der Waals surface area contributed by atoms with Crippen LogP contribution in [0.15, 0.2) is 35.3 Å². The molecule has 0 bridgehead atoms. The van der Waals surface area contributed by atoms with Crippen molar-refractivity contribution >= 4 is 39.8 Å². The van der Waals surface area contributed by atoms with Gasteiger partial charge in [-0.2, -0.15) is 0 Å². The third-order valence-corrected chi connectivity index (χ3v) is 6.99. The molecule has 1 heterocycles. The molecule has 0 spiro atoms. The van der Waals surface area contributed by atoms with Gasteiger partial charge in [0.25, 0.3) is 0 Å². The third-order valence-electron chi connectivity index (χ3n) is 4.46. The molecule has 0 aromatic heterocycles. The van der Waals surface area contributed by atoms with E-state index in [4.69, 9.17) is 4.74 Å². The third kappa shape index (κ3) is 5.30. The maximum atomic E-state index is 12.2. The maximum absolute atomic E-state index is 12.2. The lowest BCUT2D eigenvalue weighted by Crippen LogP contribution is -2.57. The van der Waals surface area contributed by atoms with Crippen LogP contribution in [0, 0.1) is 0 Å². The molecule has 1 aliphatic heterocycles. The minimum Gasteiger partial charge on any atom is -0.375 e. The van der Waals surface area contributed by atoms with E-state index < -0.39 is 14.6 Å². The standard InChI is InChI=1S/C17H27N3O3S.HI/c1-17(2)13-20(10-11-24(17,21)22)16(18-3)19-12-15(23-4)14-8-6-5-7-9-14;/h5-9,15H,10-13H2,1-4H3,(H,18,19);1H. The first kappa shape index (κ1) is 22.2. The van der Waals surface area contributed by atoms with E-state index in [2.05, 4.69) is 10.3 Å². The van der Waals surface area contributed by atoms with Gasteiger partial charge in [-0.1, -0.05) is 30.3 Å². The molecule has 2 rings (SSSR count). The summed E-state index contributed by atoms with van der Waals surface area (Å²) >= 11 is 0. The Hall–Kier alpha value is -0.870. The van der Waals surface area contributed by atoms with Crippen LogP contribution in [-0.2, 0) is 14.6 Å². The average molecular weight is 481 g/mol. The Morgan fingerprint density at radius 2 is 2.00 bits per heavy atom. The first-order valence-corrected chi connectivity index (χ1v) is 9.71. The van der Waals surface area contributed by atoms with E-state index in [-0.39, 0.29) is 35.8 Å². The Morgan fingerprint density at radius 1 is 1.36 bits per heavy atom. The van der Waals surface area contributed by atoms with Crippen molar-refractivity contribution in [3.8, 4) is 0 Å². The van der Waals surface area contributed by atoms with Crippen LogP contribution in [0.25, 0.3) is 0 Å². The van der Waals surface area contributed by atoms with Crippen molar-refractivity contribution in [3.05, 3.63) is 35.9 Å². The molecule has 0 aliphatic carbocycles. The van der Waals surface area contributed by atoms with Gasteiger partial charge in [0.1, 0.15) is 0 Å². The van der Waals surface area contributed by atoms with Gasteiger partial charge in [0.05, 0.1) is 16.6 Å². The number of hydrogen-bond donors (Lipinski definition) is 1. The van der Waals surface area contributed by atoms with E-state index in [1.165, 1.54) is 0 Å². The Kier molecular flexibility index (Phi) is 8.14. The van der Waals surface area contributed by atoms with Gasteiger partial charge in [0, 0.05) is 33.8 Å². The number of methoxy groups -OCH3 is 1. The number of nitrogens with zero attached hydrogens (tertiary/aromatic N) is 2. The molecule has 0 radical (unpaired) electrons. The number of ether oxygens (including phenoxy) is 1. The summed E-state index contributed by atoms with van der Waals surface area (Å²) in [6.45, 7) is 4.98. The molecule has 1 N–H and O–H groups in total. The zero-order chi connectivity index (χ0) is 17.8. The molecule has 1 atom stereocenters. The average Bonchev–Trinajstić information content (AvgIpc) is 2.55. The fraction of sp³-hybridized carbons (Fsp3) is 0.588. The summed E-state index contributed by atoms with van der Waals surface area (Å²) in [5, 5.41) is 3.31. The number of sulfone groups is 1. The molecule has 142 valence electrons. The molecule has 1 aromatic carbocycles. The van der Waals surface area contributed by atoms with Gasteiger partial charge in [0.15, 0.2) is 15.8 Å². The number of benzene rings is 1. The molecule has 8 heteroatoms. The van der Waals surface area contributed by atoms with Crippen LogP contribution >= 0.6 is 24.0 Å². The lowest BCUT2D eigenvalue weighted by atomic mass is 10.1. The highest BCUT2D eigenvalue weighted by Gasteiger charge is 2.41. The van der Waals surface area contributed by atoms with Crippen LogP contribution in [0.4, 0.5) is 0 Å². The monoisotopic (exact) mass is 481 g/mol. The van der Waals surface area contributed by atoms with Crippen LogP contribution in [0.2, 0.25) is 0 Å². The second-order valence-corrected chi connectivity index (χ2v) is 9.31. The number of halogens is 1. The van der Waals surface area contributed by atoms with Crippen LogP contribution in [-0.4, -0.2) is 63.6 Å². The van der Waals surface area contributed by atoms with Gasteiger partial charge in [-0.3, -0.25) is 4.99 Å². The molecular formula is C17H28IN3O3S. The summed E-state index contributed by atoms with van der Waals surface area (Å²) < 4.78 is 29.1. The normalized spacial score (nSPS) is 20.5. The maximum Gasteiger partial charge on any atom is 0.193 e. The lowest BCUT2D eigenvalue weighted by Gasteiger charge is -2.39. The first-order chi connectivity index (χ1) is 11.3. The summed E-state index contributed by atoms with van der Waals surface area (Å²) in [7, 11) is 0.327. The minimum atomic E-state index is -3.06. The fourth-order valence-electron chi connectivity index (χ4n) is 2.85. The highest BCUT2D eigenvalue weighted by molar-refractivity contribution is 14.0. The van der Waals surface area contributed by atoms with Gasteiger partial charge >= 0.3 is 0 Å². The van der Waals surface area contributed by atoms with Crippen molar-refractivity contribution in [3.63, 3.8) is 0 Å². The molecule has 0 amide bonds. The second kappa shape index (κ2) is 9.18. The first-order valence-electron chi connectivity index (χ1n) is 8.06. The quantitative estimate of drug-likeness (QED) is 0.405. The molecular weight excluding hydrogens is 453 g/mol. The zero-order valence-electron chi connectivity index (χ0n) is 15.2. The summed E-state index contributed by atoms with van der Waals surface area (Å²) in [4.78, 5) is 6.30. The predicted octanol–water partition coefficient (Wildman–Crippen LogP) is 2.08. The largest absolute Gasteiger partial charge is 0.375 e. The summed E-state index contributed by atoms with van der Waals surface area (Å²) in [5.74, 6) is 0.851. The van der Waals surface area contributed by atoms with Gasteiger partial charge in [-0.05, 0) is 19.4 Å². The number of guanidine groups is 1. The Bertz CT molecular complexity index is 678. The van der Waals surface area contributed by atoms with Gasteiger partial charge in [-0.15, -0.1) is 24.0 Å². The highest BCUT2D eigenvalue weighted by Crippen LogP contribution is 2.24. The van der Waals surface area contributed by atoms with Gasteiger partial charge in [0.2, 0.25) is 0 Å². The number of hydrogen-bond acceptors (Lipinski definition) is 4. The topological polar surface area (TPSA) is 71.0 Å². The molecule has 1 unspecified atom stereocenters. The van der Waals surface area contributed by atoms with E-state index in [9.17, 15) is 8.42 Å². The molecule has 1 saturated heterocycles. The van der Waals surface area contributed by atoms with Crippen LogP contribution in [0.5, 0.6) is 0 Å². The van der Waals surface area contributed by atoms with Crippen molar-refractivity contribution in [2.24, 2.45) is 4.99 Å². The summed E-state index contributed by atoms with van der Waals surface area (Å²) in [5.41, 5.74) is 1.09. The van der Waals surface area contributed by atoms with Crippen LogP contribution in [0.1, 0.15) is 25.5 Å². The number of rotatable bonds is 4. The Labute approximate surface area is 168 Å². The second-order valence-electron chi connectivity index (χ2n) is 6.56. The van der Waals surface area contributed by atoms with Crippen molar-refractivity contribution < 1.29 is 13.2 Å². The van der Waals surface area contributed by atoms with Crippen molar-refractivity contribution in [1.29, 1.82) is 0 Å². The van der Waals surface area contributed by atoms with E-state index in [0.29, 0.717) is 25.6 Å². The molecule has 1 aliphatic rings. The van der Waals surface area contributed by atoms with E-state index in [0.717, 1.165) is 5.56 Å². The lowest BCUT2D eigenvalue weighted by molar-refractivity contribution is 0.105. The van der Waals surface area contributed by atoms with Crippen LogP contribution < -0.4 is 5.32 Å². The molecule has 1 aromatic rings. The number of aliphatic imine (C=N–C) groups is 1. The van der Waals surface area contributed by atoms with E-state index in [1.807, 2.05) is 35.2 Å². The fourth-order valence-corrected chi connectivity index (χ4v) is 4.21. The molecule has 6 nitrogen and oxygen atoms in total. The SMILES string of the molecule is CN=C(NCC(OC)c1ccccc1)N1CCS(=O)(=O)C(C)(C)C1.I. The van der Waals surface area contributed by atoms with Crippen molar-refractivity contribution in [2.75, 3.05) is 39.5 Å². The summed E-state index contributed by atoms with van der Waals surface area (Å²) in [6.07, 6.45) is -0.0931. The predicted molar refractivity (Wildman–Crippen MR) is 112 cm³/mol. The van der Waals surface area contributed by atoms with Crippen LogP contribution in [0.3, 0.4) is 0 Å². The van der Waals surface area contributed by atoms with Gasteiger partial charge in [-0.25, -0.2) is 8.42 Å². The Morgan fingerprint density at radius 3 is 2.52 bits per heavy atom. The zero-order valence-corrected chi connectivity index (χ0v) is 18.4. The van der Waals surface area contributed by atoms with E-state index in [1.54, 1.807) is 28.0 Å². The van der Waals surface area contributed by atoms with E-state index >= 15 is 0 Å². The number of nitrogens with one attached hydrogen (secondary N) is 1. The highest BCUT2D eigenvalue weighted by atomic mass is 127. The van der Waals surface area contributed by atoms with Gasteiger partial charge < -0.3 is 15.0 Å². The molecule has 1 fully saturated rings.